The molecule has 2 heterocycles. The van der Waals surface area contributed by atoms with Crippen LogP contribution in [0, 0.1) is 0 Å². The predicted molar refractivity (Wildman–Crippen MR) is 136 cm³/mol. The van der Waals surface area contributed by atoms with E-state index in [1.54, 1.807) is 35.6 Å². The Labute approximate surface area is 206 Å². The van der Waals surface area contributed by atoms with Crippen molar-refractivity contribution < 1.29 is 23.8 Å². The number of nitrogens with zero attached hydrogens (tertiary/aromatic N) is 1. The number of ether oxygens (including phenoxy) is 2. The van der Waals surface area contributed by atoms with Crippen LogP contribution in [0.1, 0.15) is 12.0 Å². The molecule has 0 spiro atoms. The maximum atomic E-state index is 10.8. The molecule has 0 saturated carbocycles. The highest BCUT2D eigenvalue weighted by molar-refractivity contribution is 7.13. The quantitative estimate of drug-likeness (QED) is 0.222. The normalized spacial score (nSPS) is 11.0. The number of aromatic nitrogens is 1. The number of thiophene rings is 1. The summed E-state index contributed by atoms with van der Waals surface area (Å²) in [4.78, 5) is 16.6. The number of carboxylic acids is 1. The highest BCUT2D eigenvalue weighted by atomic mass is 32.1. The Morgan fingerprint density at radius 2 is 1.77 bits per heavy atom. The van der Waals surface area contributed by atoms with Gasteiger partial charge in [-0.1, -0.05) is 30.3 Å². The van der Waals surface area contributed by atoms with Gasteiger partial charge in [0.15, 0.2) is 5.58 Å². The van der Waals surface area contributed by atoms with Gasteiger partial charge in [-0.2, -0.15) is 0 Å². The van der Waals surface area contributed by atoms with E-state index in [-0.39, 0.29) is 6.42 Å². The molecule has 7 heteroatoms. The van der Waals surface area contributed by atoms with Gasteiger partial charge in [-0.3, -0.25) is 4.79 Å². The topological polar surface area (TPSA) is 81.8 Å². The first-order chi connectivity index (χ1) is 17.2. The average molecular weight is 486 g/mol. The van der Waals surface area contributed by atoms with Crippen molar-refractivity contribution >= 4 is 28.4 Å². The van der Waals surface area contributed by atoms with Gasteiger partial charge in [0.1, 0.15) is 17.0 Å². The Morgan fingerprint density at radius 1 is 0.943 bits per heavy atom. The first-order valence-corrected chi connectivity index (χ1v) is 12.1. The van der Waals surface area contributed by atoms with E-state index in [4.69, 9.17) is 19.0 Å². The van der Waals surface area contributed by atoms with E-state index in [1.165, 1.54) is 0 Å². The molecule has 5 aromatic rings. The summed E-state index contributed by atoms with van der Waals surface area (Å²) in [6.45, 7) is 0.937. The lowest BCUT2D eigenvalue weighted by Gasteiger charge is -2.12. The van der Waals surface area contributed by atoms with Crippen LogP contribution in [0.2, 0.25) is 0 Å². The van der Waals surface area contributed by atoms with E-state index < -0.39 is 5.97 Å². The molecule has 5 rings (SSSR count). The molecule has 6 nitrogen and oxygen atoms in total. The SMILES string of the molecule is O=C(O)Cc1ccc(OCCCOc2ccc(-c3cccs3)cc2-c2nc3ccccc3o2)cc1. The lowest BCUT2D eigenvalue weighted by molar-refractivity contribution is -0.136. The van der Waals surface area contributed by atoms with Gasteiger partial charge in [-0.25, -0.2) is 4.98 Å². The van der Waals surface area contributed by atoms with Crippen LogP contribution < -0.4 is 9.47 Å². The zero-order valence-electron chi connectivity index (χ0n) is 18.8. The van der Waals surface area contributed by atoms with Crippen molar-refractivity contribution in [2.24, 2.45) is 0 Å². The van der Waals surface area contributed by atoms with Gasteiger partial charge in [-0.15, -0.1) is 11.3 Å². The molecule has 2 aromatic heterocycles. The van der Waals surface area contributed by atoms with Gasteiger partial charge in [0.2, 0.25) is 5.89 Å². The number of carbonyl (C=O) groups is 1. The van der Waals surface area contributed by atoms with E-state index in [9.17, 15) is 4.79 Å². The number of hydrogen-bond donors (Lipinski definition) is 1. The fourth-order valence-corrected chi connectivity index (χ4v) is 4.44. The highest BCUT2D eigenvalue weighted by Gasteiger charge is 2.15. The summed E-state index contributed by atoms with van der Waals surface area (Å²) in [7, 11) is 0. The standard InChI is InChI=1S/C28H23NO5S/c30-27(31)17-19-8-11-21(12-9-19)32-14-4-15-33-24-13-10-20(26-7-3-16-35-26)18-22(24)28-29-23-5-1-2-6-25(23)34-28/h1-3,5-13,16,18H,4,14-15,17H2,(H,30,31). The van der Waals surface area contributed by atoms with Gasteiger partial charge < -0.3 is 19.0 Å². The van der Waals surface area contributed by atoms with E-state index >= 15 is 0 Å². The number of benzene rings is 3. The van der Waals surface area contributed by atoms with Crippen LogP contribution in [0.3, 0.4) is 0 Å². The van der Waals surface area contributed by atoms with Crippen LogP contribution in [0.4, 0.5) is 0 Å². The second kappa shape index (κ2) is 10.4. The third kappa shape index (κ3) is 5.53. The zero-order valence-corrected chi connectivity index (χ0v) is 19.7. The summed E-state index contributed by atoms with van der Waals surface area (Å²) in [6, 6.07) is 25.0. The van der Waals surface area contributed by atoms with Crippen LogP contribution in [0.5, 0.6) is 11.5 Å². The molecular weight excluding hydrogens is 462 g/mol. The Hall–Kier alpha value is -4.10. The van der Waals surface area contributed by atoms with E-state index in [0.29, 0.717) is 37.0 Å². The number of fused-ring (bicyclic) bond motifs is 1. The van der Waals surface area contributed by atoms with Crippen molar-refractivity contribution in [3.63, 3.8) is 0 Å². The van der Waals surface area contributed by atoms with Crippen LogP contribution in [0.25, 0.3) is 33.0 Å². The first-order valence-electron chi connectivity index (χ1n) is 11.3. The van der Waals surface area contributed by atoms with E-state index in [0.717, 1.165) is 32.7 Å². The molecular formula is C28H23NO5S. The zero-order chi connectivity index (χ0) is 24.0. The third-order valence-electron chi connectivity index (χ3n) is 5.40. The fourth-order valence-electron chi connectivity index (χ4n) is 3.72. The van der Waals surface area contributed by atoms with E-state index in [2.05, 4.69) is 22.5 Å². The molecule has 0 aliphatic heterocycles. The molecule has 0 unspecified atom stereocenters. The van der Waals surface area contributed by atoms with Crippen LogP contribution in [-0.4, -0.2) is 29.3 Å². The molecule has 0 amide bonds. The maximum absolute atomic E-state index is 10.8. The summed E-state index contributed by atoms with van der Waals surface area (Å²) in [5.41, 5.74) is 4.17. The second-order valence-corrected chi connectivity index (χ2v) is 8.89. The van der Waals surface area contributed by atoms with Gasteiger partial charge >= 0.3 is 5.97 Å². The maximum Gasteiger partial charge on any atom is 0.307 e. The van der Waals surface area contributed by atoms with Crippen molar-refractivity contribution in [2.45, 2.75) is 12.8 Å². The largest absolute Gasteiger partial charge is 0.493 e. The summed E-state index contributed by atoms with van der Waals surface area (Å²) < 4.78 is 17.9. The molecule has 0 fully saturated rings. The molecule has 0 aliphatic carbocycles. The second-order valence-electron chi connectivity index (χ2n) is 7.94. The fraction of sp³-hybridized carbons (Fsp3) is 0.143. The molecule has 3 aromatic carbocycles. The van der Waals surface area contributed by atoms with Gasteiger partial charge in [0, 0.05) is 11.3 Å². The number of aliphatic carboxylic acids is 1. The summed E-state index contributed by atoms with van der Waals surface area (Å²) in [6.07, 6.45) is 0.679. The molecule has 0 aliphatic rings. The van der Waals surface area contributed by atoms with Crippen molar-refractivity contribution in [3.8, 4) is 33.4 Å². The van der Waals surface area contributed by atoms with Crippen molar-refractivity contribution in [3.05, 3.63) is 89.8 Å². The monoisotopic (exact) mass is 485 g/mol. The van der Waals surface area contributed by atoms with Crippen LogP contribution in [-0.2, 0) is 11.2 Å². The molecule has 176 valence electrons. The van der Waals surface area contributed by atoms with Gasteiger partial charge in [0.05, 0.1) is 25.2 Å². The Balaban J connectivity index is 1.26. The lowest BCUT2D eigenvalue weighted by Crippen LogP contribution is -2.06. The molecule has 1 N–H and O–H groups in total. The molecule has 0 bridgehead atoms. The third-order valence-corrected chi connectivity index (χ3v) is 6.32. The highest BCUT2D eigenvalue weighted by Crippen LogP contribution is 2.36. The number of para-hydroxylation sites is 2. The van der Waals surface area contributed by atoms with Crippen LogP contribution >= 0.6 is 11.3 Å². The summed E-state index contributed by atoms with van der Waals surface area (Å²) in [5.74, 6) is 1.08. The smallest absolute Gasteiger partial charge is 0.307 e. The van der Waals surface area contributed by atoms with Gasteiger partial charge in [0.25, 0.3) is 0 Å². The minimum atomic E-state index is -0.851. The average Bonchev–Trinajstić information content (AvgIpc) is 3.55. The lowest BCUT2D eigenvalue weighted by atomic mass is 10.1. The van der Waals surface area contributed by atoms with Crippen molar-refractivity contribution in [2.75, 3.05) is 13.2 Å². The summed E-state index contributed by atoms with van der Waals surface area (Å²) in [5, 5.41) is 10.9. The minimum absolute atomic E-state index is 0.00180. The van der Waals surface area contributed by atoms with Crippen molar-refractivity contribution in [1.82, 2.24) is 4.98 Å². The molecule has 35 heavy (non-hydrogen) atoms. The molecule has 0 radical (unpaired) electrons. The van der Waals surface area contributed by atoms with Crippen molar-refractivity contribution in [1.29, 1.82) is 0 Å². The number of rotatable bonds is 10. The molecule has 0 saturated heterocycles. The number of carboxylic acid groups (broad SMARTS) is 1. The molecule has 0 atom stereocenters. The minimum Gasteiger partial charge on any atom is -0.493 e. The van der Waals surface area contributed by atoms with Crippen LogP contribution in [0.15, 0.2) is 88.7 Å². The number of hydrogen-bond acceptors (Lipinski definition) is 6. The predicted octanol–water partition coefficient (Wildman–Crippen LogP) is 6.70. The first kappa shape index (κ1) is 22.7. The van der Waals surface area contributed by atoms with E-state index in [1.807, 2.05) is 42.5 Å². The summed E-state index contributed by atoms with van der Waals surface area (Å²) >= 11 is 1.68. The number of oxazole rings is 1. The van der Waals surface area contributed by atoms with Gasteiger partial charge in [-0.05, 0) is 65.0 Å². The Kier molecular flexibility index (Phi) is 6.77. The Bertz CT molecular complexity index is 1390. The Morgan fingerprint density at radius 3 is 2.54 bits per heavy atom.